The van der Waals surface area contributed by atoms with Crippen molar-refractivity contribution in [2.45, 2.75) is 44.3 Å². The average Bonchev–Trinajstić information content (AvgIpc) is 3.01. The molecule has 0 radical (unpaired) electrons. The van der Waals surface area contributed by atoms with Gasteiger partial charge in [-0.05, 0) is 53.9 Å². The molecule has 0 spiro atoms. The molecular formula is C33H37F3N6O4. The van der Waals surface area contributed by atoms with E-state index in [9.17, 15) is 32.7 Å². The number of hydrogen-bond acceptors (Lipinski definition) is 6. The second-order valence-electron chi connectivity index (χ2n) is 11.8. The van der Waals surface area contributed by atoms with Gasteiger partial charge in [-0.15, -0.1) is 0 Å². The summed E-state index contributed by atoms with van der Waals surface area (Å²) < 4.78 is 41.9. The first kappa shape index (κ1) is 32.6. The van der Waals surface area contributed by atoms with Crippen molar-refractivity contribution in [3.05, 3.63) is 95.1 Å². The van der Waals surface area contributed by atoms with Crippen LogP contribution in [0.15, 0.2) is 72.8 Å². The Bertz CT molecular complexity index is 1580. The first-order valence-corrected chi connectivity index (χ1v) is 14.9. The standard InChI is InChI=1S/C33H37F3N6O4/c1-21(24-15-25(33(34,35)36)17-26(16-24)38(2)3)40-19-29-41(28(31(40)45)14-22-10-12-27(43)13-11-22)30(44)20-39(4)42(29)32(46)37-18-23-8-6-5-7-9-23/h5-13,15-17,21,28-29,43H,14,18-20H2,1-4H3,(H,37,46)/t21?,28-,29-/m0/s1. The fraction of sp³-hybridized carbons (Fsp3) is 0.364. The number of carbonyl (C=O) groups excluding carboxylic acids is 3. The number of halogens is 3. The fourth-order valence-electron chi connectivity index (χ4n) is 6.00. The van der Waals surface area contributed by atoms with E-state index >= 15 is 0 Å². The molecule has 2 saturated heterocycles. The van der Waals surface area contributed by atoms with Gasteiger partial charge in [-0.1, -0.05) is 42.5 Å². The summed E-state index contributed by atoms with van der Waals surface area (Å²) in [6.45, 7) is 1.57. The number of hydrazine groups is 1. The number of phenolic OH excluding ortho intramolecular Hbond substituents is 1. The number of phenols is 1. The Hall–Kier alpha value is -4.78. The number of rotatable bonds is 7. The predicted octanol–water partition coefficient (Wildman–Crippen LogP) is 4.22. The number of alkyl halides is 3. The normalized spacial score (nSPS) is 19.6. The van der Waals surface area contributed by atoms with E-state index in [-0.39, 0.29) is 43.3 Å². The van der Waals surface area contributed by atoms with Gasteiger partial charge in [0.1, 0.15) is 18.0 Å². The Balaban J connectivity index is 1.54. The monoisotopic (exact) mass is 638 g/mol. The highest BCUT2D eigenvalue weighted by atomic mass is 19.4. The van der Waals surface area contributed by atoms with Crippen LogP contribution in [0.2, 0.25) is 0 Å². The number of anilines is 1. The maximum Gasteiger partial charge on any atom is 0.416 e. The van der Waals surface area contributed by atoms with Crippen molar-refractivity contribution < 1.29 is 32.7 Å². The van der Waals surface area contributed by atoms with Crippen LogP contribution in [0.3, 0.4) is 0 Å². The molecule has 3 aromatic rings. The van der Waals surface area contributed by atoms with E-state index in [0.29, 0.717) is 11.3 Å². The Morgan fingerprint density at radius 2 is 1.70 bits per heavy atom. The Morgan fingerprint density at radius 1 is 1.02 bits per heavy atom. The molecule has 2 fully saturated rings. The molecule has 0 aliphatic carbocycles. The summed E-state index contributed by atoms with van der Waals surface area (Å²) in [6, 6.07) is 16.8. The average molecular weight is 639 g/mol. The summed E-state index contributed by atoms with van der Waals surface area (Å²) in [7, 11) is 4.88. The van der Waals surface area contributed by atoms with Crippen LogP contribution < -0.4 is 10.2 Å². The lowest BCUT2D eigenvalue weighted by Crippen LogP contribution is -2.76. The molecule has 1 unspecified atom stereocenters. The number of aromatic hydroxyl groups is 1. The van der Waals surface area contributed by atoms with E-state index in [1.807, 2.05) is 30.3 Å². The third kappa shape index (κ3) is 6.74. The molecular weight excluding hydrogens is 601 g/mol. The van der Waals surface area contributed by atoms with Gasteiger partial charge in [-0.3, -0.25) is 9.59 Å². The molecule has 13 heteroatoms. The number of nitrogens with zero attached hydrogens (tertiary/aromatic N) is 5. The summed E-state index contributed by atoms with van der Waals surface area (Å²) in [5.41, 5.74) is 1.26. The van der Waals surface area contributed by atoms with Gasteiger partial charge >= 0.3 is 12.2 Å². The Labute approximate surface area is 265 Å². The highest BCUT2D eigenvalue weighted by Crippen LogP contribution is 2.37. The number of fused-ring (bicyclic) bond motifs is 1. The molecule has 3 aromatic carbocycles. The zero-order chi connectivity index (χ0) is 33.3. The molecule has 0 aromatic heterocycles. The Kier molecular flexibility index (Phi) is 9.15. The number of amides is 4. The lowest BCUT2D eigenvalue weighted by molar-refractivity contribution is -0.189. The minimum atomic E-state index is -4.61. The number of benzene rings is 3. The van der Waals surface area contributed by atoms with E-state index < -0.39 is 41.9 Å². The SMILES string of the molecule is CC(c1cc(N(C)C)cc(C(F)(F)F)c1)N1C[C@H]2N(C(=O)CN(C)N2C(=O)NCc2ccccc2)[C@@H](Cc2ccc(O)cc2)C1=O. The largest absolute Gasteiger partial charge is 0.508 e. The lowest BCUT2D eigenvalue weighted by Gasteiger charge is -2.55. The molecule has 2 heterocycles. The van der Waals surface area contributed by atoms with Gasteiger partial charge in [-0.25, -0.2) is 14.8 Å². The molecule has 2 aliphatic heterocycles. The van der Waals surface area contributed by atoms with Crippen LogP contribution in [0.25, 0.3) is 0 Å². The van der Waals surface area contributed by atoms with Crippen molar-refractivity contribution in [3.8, 4) is 5.75 Å². The van der Waals surface area contributed by atoms with Crippen LogP contribution in [0, 0.1) is 0 Å². The van der Waals surface area contributed by atoms with Crippen molar-refractivity contribution in [1.29, 1.82) is 0 Å². The maximum absolute atomic E-state index is 14.3. The van der Waals surface area contributed by atoms with Crippen LogP contribution >= 0.6 is 0 Å². The van der Waals surface area contributed by atoms with Gasteiger partial charge in [0.15, 0.2) is 0 Å². The number of nitrogens with one attached hydrogen (secondary N) is 1. The zero-order valence-electron chi connectivity index (χ0n) is 26.0. The lowest BCUT2D eigenvalue weighted by atomic mass is 9.95. The summed E-state index contributed by atoms with van der Waals surface area (Å²) in [5, 5.41) is 15.6. The van der Waals surface area contributed by atoms with Gasteiger partial charge in [0.05, 0.1) is 24.7 Å². The molecule has 0 saturated carbocycles. The highest BCUT2D eigenvalue weighted by Gasteiger charge is 2.51. The summed E-state index contributed by atoms with van der Waals surface area (Å²) >= 11 is 0. The quantitative estimate of drug-likeness (QED) is 0.402. The molecule has 46 heavy (non-hydrogen) atoms. The first-order chi connectivity index (χ1) is 21.7. The van der Waals surface area contributed by atoms with Crippen LogP contribution in [-0.2, 0) is 28.7 Å². The summed E-state index contributed by atoms with van der Waals surface area (Å²) in [5.74, 6) is -0.786. The van der Waals surface area contributed by atoms with Gasteiger partial charge < -0.3 is 25.1 Å². The van der Waals surface area contributed by atoms with Crippen molar-refractivity contribution in [3.63, 3.8) is 0 Å². The fourth-order valence-corrected chi connectivity index (χ4v) is 6.00. The van der Waals surface area contributed by atoms with Crippen molar-refractivity contribution in [2.75, 3.05) is 39.1 Å². The summed E-state index contributed by atoms with van der Waals surface area (Å²) in [6.07, 6.45) is -5.49. The third-order valence-corrected chi connectivity index (χ3v) is 8.48. The molecule has 10 nitrogen and oxygen atoms in total. The highest BCUT2D eigenvalue weighted by molar-refractivity contribution is 5.92. The van der Waals surface area contributed by atoms with Crippen LogP contribution in [-0.4, -0.2) is 89.2 Å². The number of carbonyl (C=O) groups is 3. The minimum absolute atomic E-state index is 0.0324. The van der Waals surface area contributed by atoms with Crippen LogP contribution in [0.5, 0.6) is 5.75 Å². The number of hydrogen-bond donors (Lipinski definition) is 2. The van der Waals surface area contributed by atoms with Gasteiger partial charge in [0, 0.05) is 39.8 Å². The van der Waals surface area contributed by atoms with Crippen LogP contribution in [0.4, 0.5) is 23.7 Å². The molecule has 244 valence electrons. The van der Waals surface area contributed by atoms with Gasteiger partial charge in [-0.2, -0.15) is 13.2 Å². The van der Waals surface area contributed by atoms with E-state index in [1.54, 1.807) is 51.2 Å². The van der Waals surface area contributed by atoms with Crippen molar-refractivity contribution in [1.82, 2.24) is 25.1 Å². The predicted molar refractivity (Wildman–Crippen MR) is 165 cm³/mol. The second kappa shape index (κ2) is 12.9. The van der Waals surface area contributed by atoms with Crippen molar-refractivity contribution >= 4 is 23.5 Å². The molecule has 4 amide bonds. The topological polar surface area (TPSA) is 99.7 Å². The third-order valence-electron chi connectivity index (χ3n) is 8.48. The maximum atomic E-state index is 14.3. The van der Waals surface area contributed by atoms with E-state index in [0.717, 1.165) is 17.7 Å². The molecule has 5 rings (SSSR count). The summed E-state index contributed by atoms with van der Waals surface area (Å²) in [4.78, 5) is 46.0. The van der Waals surface area contributed by atoms with E-state index in [4.69, 9.17) is 0 Å². The number of urea groups is 1. The minimum Gasteiger partial charge on any atom is -0.508 e. The van der Waals surface area contributed by atoms with Gasteiger partial charge in [0.25, 0.3) is 0 Å². The Morgan fingerprint density at radius 3 is 2.33 bits per heavy atom. The number of piperazine rings is 1. The second-order valence-corrected chi connectivity index (χ2v) is 11.8. The van der Waals surface area contributed by atoms with Gasteiger partial charge in [0.2, 0.25) is 11.8 Å². The number of likely N-dealkylation sites (N-methyl/N-ethyl adjacent to an activating group) is 1. The van der Waals surface area contributed by atoms with E-state index in [2.05, 4.69) is 5.32 Å². The molecule has 0 bridgehead atoms. The van der Waals surface area contributed by atoms with Crippen LogP contribution in [0.1, 0.15) is 35.2 Å². The van der Waals surface area contributed by atoms with Crippen molar-refractivity contribution in [2.24, 2.45) is 0 Å². The molecule has 2 aliphatic rings. The molecule has 3 atom stereocenters. The molecule has 2 N–H and O–H groups in total. The zero-order valence-corrected chi connectivity index (χ0v) is 26.0. The smallest absolute Gasteiger partial charge is 0.416 e. The van der Waals surface area contributed by atoms with E-state index in [1.165, 1.54) is 32.0 Å². The first-order valence-electron chi connectivity index (χ1n) is 14.9.